The van der Waals surface area contributed by atoms with E-state index in [0.717, 1.165) is 0 Å². The van der Waals surface area contributed by atoms with Gasteiger partial charge in [0.05, 0.1) is 0 Å². The Hall–Kier alpha value is -0.710. The van der Waals surface area contributed by atoms with Crippen molar-refractivity contribution >= 4 is 5.97 Å². The number of hydrogen-bond donors (Lipinski definition) is 2. The maximum absolute atomic E-state index is 13.4. The first kappa shape index (κ1) is 12.4. The van der Waals surface area contributed by atoms with Gasteiger partial charge in [-0.15, -0.1) is 0 Å². The third-order valence-corrected chi connectivity index (χ3v) is 3.23. The molecule has 0 heterocycles. The van der Waals surface area contributed by atoms with Crippen LogP contribution in [0.1, 0.15) is 33.6 Å². The van der Waals surface area contributed by atoms with Crippen molar-refractivity contribution in [2.24, 2.45) is 11.3 Å². The van der Waals surface area contributed by atoms with Gasteiger partial charge < -0.3 is 10.2 Å². The smallest absolute Gasteiger partial charge is 0.377 e. The van der Waals surface area contributed by atoms with Crippen LogP contribution in [0.5, 0.6) is 0 Å². The minimum absolute atomic E-state index is 0.194. The summed E-state index contributed by atoms with van der Waals surface area (Å²) in [5, 5.41) is 18.3. The fourth-order valence-electron chi connectivity index (χ4n) is 2.58. The molecule has 1 fully saturated rings. The summed E-state index contributed by atoms with van der Waals surface area (Å²) in [7, 11) is 0. The lowest BCUT2D eigenvalue weighted by Crippen LogP contribution is -2.55. The molecule has 1 rings (SSSR count). The van der Waals surface area contributed by atoms with Crippen LogP contribution in [0.25, 0.3) is 0 Å². The predicted octanol–water partition coefficient (Wildman–Crippen LogP) is 1.89. The highest BCUT2D eigenvalue weighted by Crippen LogP contribution is 2.53. The fourth-order valence-corrected chi connectivity index (χ4v) is 2.58. The van der Waals surface area contributed by atoms with E-state index in [0.29, 0.717) is 6.42 Å². The molecule has 88 valence electrons. The van der Waals surface area contributed by atoms with Crippen LogP contribution in [0.2, 0.25) is 0 Å². The van der Waals surface area contributed by atoms with Gasteiger partial charge in [-0.1, -0.05) is 20.8 Å². The Morgan fingerprint density at radius 1 is 1.47 bits per heavy atom. The number of halogens is 2. The van der Waals surface area contributed by atoms with Gasteiger partial charge in [-0.3, -0.25) is 0 Å². The van der Waals surface area contributed by atoms with Crippen LogP contribution in [-0.4, -0.2) is 27.7 Å². The first-order valence-corrected chi connectivity index (χ1v) is 4.86. The number of carbonyl (C=O) groups is 1. The molecule has 0 aliphatic heterocycles. The third-order valence-electron chi connectivity index (χ3n) is 3.23. The highest BCUT2D eigenvalue weighted by atomic mass is 19.3. The van der Waals surface area contributed by atoms with Crippen molar-refractivity contribution < 1.29 is 23.8 Å². The minimum atomic E-state index is -4.08. The zero-order chi connectivity index (χ0) is 12.1. The Balaban J connectivity index is 3.08. The Morgan fingerprint density at radius 3 is 2.20 bits per heavy atom. The number of carboxylic acid groups (broad SMARTS) is 1. The molecular formula is C10H16F2O3. The highest BCUT2D eigenvalue weighted by Gasteiger charge is 2.66. The molecule has 15 heavy (non-hydrogen) atoms. The van der Waals surface area contributed by atoms with Crippen molar-refractivity contribution in [2.75, 3.05) is 0 Å². The molecule has 0 aromatic rings. The number of rotatable bonds is 2. The van der Waals surface area contributed by atoms with Gasteiger partial charge in [0.15, 0.2) is 0 Å². The van der Waals surface area contributed by atoms with E-state index >= 15 is 0 Å². The summed E-state index contributed by atoms with van der Waals surface area (Å²) in [6.07, 6.45) is 0.201. The normalized spacial score (nSPS) is 35.5. The average molecular weight is 222 g/mol. The summed E-state index contributed by atoms with van der Waals surface area (Å²) in [6.45, 7) is 4.96. The summed E-state index contributed by atoms with van der Waals surface area (Å²) < 4.78 is 26.8. The van der Waals surface area contributed by atoms with Gasteiger partial charge in [0.25, 0.3) is 0 Å². The number of aliphatic carboxylic acids is 1. The van der Waals surface area contributed by atoms with E-state index in [1.165, 1.54) is 6.92 Å². The van der Waals surface area contributed by atoms with Gasteiger partial charge in [0, 0.05) is 0 Å². The second-order valence-corrected chi connectivity index (χ2v) is 5.25. The summed E-state index contributed by atoms with van der Waals surface area (Å²) in [5.41, 5.74) is -2.88. The van der Waals surface area contributed by atoms with Crippen LogP contribution in [0.3, 0.4) is 0 Å². The first-order chi connectivity index (χ1) is 6.53. The number of aliphatic hydroxyl groups is 1. The topological polar surface area (TPSA) is 57.5 Å². The number of hydrogen-bond acceptors (Lipinski definition) is 2. The molecule has 2 N–H and O–H groups in total. The average Bonchev–Trinajstić information content (AvgIpc) is 2.21. The molecule has 0 bridgehead atoms. The molecule has 2 atom stereocenters. The lowest BCUT2D eigenvalue weighted by molar-refractivity contribution is -0.217. The molecule has 0 amide bonds. The van der Waals surface area contributed by atoms with E-state index in [1.807, 2.05) is 0 Å². The van der Waals surface area contributed by atoms with Gasteiger partial charge >= 0.3 is 11.9 Å². The monoisotopic (exact) mass is 222 g/mol. The largest absolute Gasteiger partial charge is 0.477 e. The molecule has 1 saturated carbocycles. The zero-order valence-corrected chi connectivity index (χ0v) is 9.05. The molecule has 0 aromatic carbocycles. The SMILES string of the molecule is CC1CC(C)(C)CC1(O)C(F)(F)C(=O)O. The summed E-state index contributed by atoms with van der Waals surface area (Å²) in [6, 6.07) is 0. The quantitative estimate of drug-likeness (QED) is 0.750. The third kappa shape index (κ3) is 1.73. The van der Waals surface area contributed by atoms with E-state index in [4.69, 9.17) is 5.11 Å². The molecule has 3 nitrogen and oxygen atoms in total. The van der Waals surface area contributed by atoms with Gasteiger partial charge in [0.1, 0.15) is 5.60 Å². The Bertz CT molecular complexity index is 288. The molecule has 0 aromatic heterocycles. The van der Waals surface area contributed by atoms with E-state index in [1.54, 1.807) is 13.8 Å². The van der Waals surface area contributed by atoms with Crippen LogP contribution < -0.4 is 0 Å². The Kier molecular flexibility index (Phi) is 2.59. The Morgan fingerprint density at radius 2 is 1.93 bits per heavy atom. The second kappa shape index (κ2) is 3.14. The number of carboxylic acids is 1. The molecule has 0 spiro atoms. The minimum Gasteiger partial charge on any atom is -0.477 e. The molecule has 0 radical (unpaired) electrons. The summed E-state index contributed by atoms with van der Waals surface area (Å²) in [5.74, 6) is -7.06. The van der Waals surface area contributed by atoms with Crippen molar-refractivity contribution in [3.05, 3.63) is 0 Å². The zero-order valence-electron chi connectivity index (χ0n) is 9.05. The van der Waals surface area contributed by atoms with E-state index in [-0.39, 0.29) is 6.42 Å². The van der Waals surface area contributed by atoms with Crippen molar-refractivity contribution in [3.8, 4) is 0 Å². The van der Waals surface area contributed by atoms with Crippen molar-refractivity contribution in [2.45, 2.75) is 45.1 Å². The van der Waals surface area contributed by atoms with Crippen LogP contribution in [0.15, 0.2) is 0 Å². The van der Waals surface area contributed by atoms with Gasteiger partial charge in [0.2, 0.25) is 0 Å². The molecule has 1 aliphatic rings. The predicted molar refractivity (Wildman–Crippen MR) is 49.7 cm³/mol. The van der Waals surface area contributed by atoms with E-state index in [2.05, 4.69) is 0 Å². The van der Waals surface area contributed by atoms with Gasteiger partial charge in [-0.05, 0) is 24.2 Å². The maximum Gasteiger partial charge on any atom is 0.377 e. The van der Waals surface area contributed by atoms with Crippen LogP contribution in [-0.2, 0) is 4.79 Å². The second-order valence-electron chi connectivity index (χ2n) is 5.25. The maximum atomic E-state index is 13.4. The van der Waals surface area contributed by atoms with E-state index in [9.17, 15) is 18.7 Å². The fraction of sp³-hybridized carbons (Fsp3) is 0.900. The van der Waals surface area contributed by atoms with Crippen LogP contribution in [0.4, 0.5) is 8.78 Å². The van der Waals surface area contributed by atoms with Gasteiger partial charge in [-0.25, -0.2) is 4.79 Å². The van der Waals surface area contributed by atoms with E-state index < -0.39 is 28.8 Å². The van der Waals surface area contributed by atoms with Crippen LogP contribution >= 0.6 is 0 Å². The first-order valence-electron chi connectivity index (χ1n) is 4.86. The highest BCUT2D eigenvalue weighted by molar-refractivity contribution is 5.77. The van der Waals surface area contributed by atoms with Gasteiger partial charge in [-0.2, -0.15) is 8.78 Å². The molecule has 1 aliphatic carbocycles. The van der Waals surface area contributed by atoms with Crippen molar-refractivity contribution in [3.63, 3.8) is 0 Å². The number of alkyl halides is 2. The van der Waals surface area contributed by atoms with Crippen LogP contribution in [0, 0.1) is 11.3 Å². The lowest BCUT2D eigenvalue weighted by Gasteiger charge is -2.33. The molecule has 0 saturated heterocycles. The van der Waals surface area contributed by atoms with Crippen molar-refractivity contribution in [1.29, 1.82) is 0 Å². The summed E-state index contributed by atoms with van der Waals surface area (Å²) in [4.78, 5) is 10.5. The molecule has 2 unspecified atom stereocenters. The van der Waals surface area contributed by atoms with Crippen molar-refractivity contribution in [1.82, 2.24) is 0 Å². The standard InChI is InChI=1S/C10H16F2O3/c1-6-4-8(2,3)5-9(6,15)10(11,12)7(13)14/h6,15H,4-5H2,1-3H3,(H,13,14). The Labute approximate surface area is 87.1 Å². The lowest BCUT2D eigenvalue weighted by atomic mass is 9.84. The molecule has 5 heteroatoms. The molecular weight excluding hydrogens is 206 g/mol. The summed E-state index contributed by atoms with van der Waals surface area (Å²) >= 11 is 0.